The fourth-order valence-electron chi connectivity index (χ4n) is 4.37. The molecule has 0 amide bonds. The van der Waals surface area contributed by atoms with Crippen LogP contribution in [0.25, 0.3) is 49.1 Å². The van der Waals surface area contributed by atoms with E-state index in [1.807, 2.05) is 48.5 Å². The maximum absolute atomic E-state index is 13.4. The van der Waals surface area contributed by atoms with Gasteiger partial charge in [0, 0.05) is 21.5 Å². The fourth-order valence-corrected chi connectivity index (χ4v) is 4.37. The first-order chi connectivity index (χ1) is 13.7. The minimum atomic E-state index is -0.0287. The molecule has 1 N–H and O–H groups in total. The molecule has 0 bridgehead atoms. The third-order valence-electron chi connectivity index (χ3n) is 5.62. The summed E-state index contributed by atoms with van der Waals surface area (Å²) in [5, 5.41) is 14.5. The summed E-state index contributed by atoms with van der Waals surface area (Å²) in [7, 11) is 0. The molecule has 3 heteroatoms. The van der Waals surface area contributed by atoms with Crippen LogP contribution in [0.3, 0.4) is 0 Å². The Labute approximate surface area is 160 Å². The van der Waals surface area contributed by atoms with Crippen molar-refractivity contribution in [1.82, 2.24) is 4.40 Å². The molecule has 0 spiro atoms. The molecule has 0 saturated carbocycles. The summed E-state index contributed by atoms with van der Waals surface area (Å²) >= 11 is 0. The summed E-state index contributed by atoms with van der Waals surface area (Å²) in [6.45, 7) is 0. The van der Waals surface area contributed by atoms with Crippen LogP contribution in [0.2, 0.25) is 0 Å². The molecule has 2 heterocycles. The molecule has 0 aliphatic heterocycles. The van der Waals surface area contributed by atoms with E-state index < -0.39 is 0 Å². The predicted octanol–water partition coefficient (Wildman–Crippen LogP) is 5.57. The smallest absolute Gasteiger partial charge is 0.263 e. The molecule has 2 aromatic heterocycles. The maximum atomic E-state index is 13.4. The van der Waals surface area contributed by atoms with Crippen LogP contribution in [0.4, 0.5) is 0 Å². The number of phenolic OH excluding ortho intramolecular Hbond substituents is 1. The number of rotatable bonds is 1. The van der Waals surface area contributed by atoms with Crippen molar-refractivity contribution in [3.8, 4) is 16.9 Å². The zero-order valence-corrected chi connectivity index (χ0v) is 14.9. The van der Waals surface area contributed by atoms with Crippen molar-refractivity contribution in [3.63, 3.8) is 0 Å². The molecule has 0 aliphatic carbocycles. The van der Waals surface area contributed by atoms with Crippen molar-refractivity contribution in [2.45, 2.75) is 0 Å². The first-order valence-electron chi connectivity index (χ1n) is 9.23. The van der Waals surface area contributed by atoms with Crippen LogP contribution in [0.5, 0.6) is 5.75 Å². The van der Waals surface area contributed by atoms with Gasteiger partial charge < -0.3 is 5.11 Å². The number of benzene rings is 4. The topological polar surface area (TPSA) is 41.7 Å². The van der Waals surface area contributed by atoms with Gasteiger partial charge in [0.1, 0.15) is 5.75 Å². The third-order valence-corrected chi connectivity index (χ3v) is 5.62. The van der Waals surface area contributed by atoms with Gasteiger partial charge in [-0.15, -0.1) is 0 Å². The van der Waals surface area contributed by atoms with Crippen LogP contribution in [0.15, 0.2) is 89.7 Å². The quantitative estimate of drug-likeness (QED) is 0.389. The van der Waals surface area contributed by atoms with Gasteiger partial charge in [0.25, 0.3) is 5.56 Å². The molecule has 4 aromatic carbocycles. The van der Waals surface area contributed by atoms with Gasteiger partial charge in [-0.05, 0) is 46.8 Å². The lowest BCUT2D eigenvalue weighted by molar-refractivity contribution is 0.476. The van der Waals surface area contributed by atoms with Crippen LogP contribution in [0.1, 0.15) is 0 Å². The number of aromatic hydroxyl groups is 1. The molecule has 132 valence electrons. The second-order valence-electron chi connectivity index (χ2n) is 7.17. The Morgan fingerprint density at radius 3 is 2.21 bits per heavy atom. The number of hydrogen-bond donors (Lipinski definition) is 1. The molecule has 0 saturated heterocycles. The Morgan fingerprint density at radius 2 is 1.39 bits per heavy atom. The SMILES string of the molecule is O=c1c2ccc(-c3ccccc3)cc2c2cccc3c4cc(O)ccc4n1c23. The lowest BCUT2D eigenvalue weighted by Crippen LogP contribution is -2.12. The molecule has 0 atom stereocenters. The van der Waals surface area contributed by atoms with E-state index in [0.717, 1.165) is 43.7 Å². The predicted molar refractivity (Wildman–Crippen MR) is 114 cm³/mol. The van der Waals surface area contributed by atoms with Gasteiger partial charge in [0.05, 0.1) is 11.0 Å². The summed E-state index contributed by atoms with van der Waals surface area (Å²) in [4.78, 5) is 13.4. The van der Waals surface area contributed by atoms with Gasteiger partial charge in [-0.1, -0.05) is 54.6 Å². The molecule has 0 radical (unpaired) electrons. The summed E-state index contributed by atoms with van der Waals surface area (Å²) in [5.41, 5.74) is 3.92. The van der Waals surface area contributed by atoms with Crippen molar-refractivity contribution in [2.75, 3.05) is 0 Å². The minimum absolute atomic E-state index is 0.0287. The Balaban J connectivity index is 1.85. The molecule has 6 rings (SSSR count). The number of aromatic nitrogens is 1. The Hall–Kier alpha value is -3.85. The van der Waals surface area contributed by atoms with E-state index in [0.29, 0.717) is 5.39 Å². The molecule has 3 nitrogen and oxygen atoms in total. The molecule has 6 aromatic rings. The molecule has 0 aliphatic rings. The second kappa shape index (κ2) is 5.33. The van der Waals surface area contributed by atoms with Crippen molar-refractivity contribution >= 4 is 38.0 Å². The normalized spacial score (nSPS) is 11.9. The van der Waals surface area contributed by atoms with E-state index in [2.05, 4.69) is 24.3 Å². The van der Waals surface area contributed by atoms with Gasteiger partial charge in [-0.3, -0.25) is 9.20 Å². The number of phenols is 1. The Morgan fingerprint density at radius 1 is 0.607 bits per heavy atom. The summed E-state index contributed by atoms with van der Waals surface area (Å²) in [6.07, 6.45) is 0. The highest BCUT2D eigenvalue weighted by Crippen LogP contribution is 2.36. The zero-order chi connectivity index (χ0) is 18.8. The van der Waals surface area contributed by atoms with Gasteiger partial charge in [-0.25, -0.2) is 0 Å². The molecular weight excluding hydrogens is 346 g/mol. The van der Waals surface area contributed by atoms with Crippen molar-refractivity contribution in [3.05, 3.63) is 95.3 Å². The maximum Gasteiger partial charge on any atom is 0.263 e. The van der Waals surface area contributed by atoms with Crippen LogP contribution >= 0.6 is 0 Å². The van der Waals surface area contributed by atoms with E-state index in [4.69, 9.17) is 0 Å². The van der Waals surface area contributed by atoms with Gasteiger partial charge >= 0.3 is 0 Å². The summed E-state index contributed by atoms with van der Waals surface area (Å²) in [5.74, 6) is 0.201. The van der Waals surface area contributed by atoms with Crippen LogP contribution in [-0.4, -0.2) is 9.51 Å². The highest BCUT2D eigenvalue weighted by Gasteiger charge is 2.17. The minimum Gasteiger partial charge on any atom is -0.508 e. The van der Waals surface area contributed by atoms with E-state index in [1.54, 1.807) is 16.5 Å². The van der Waals surface area contributed by atoms with Gasteiger partial charge in [0.15, 0.2) is 0 Å². The average molecular weight is 361 g/mol. The van der Waals surface area contributed by atoms with E-state index in [1.165, 1.54) is 0 Å². The standard InChI is InChI=1S/C25H15NO2/c27-17-10-12-23-22(14-17)19-8-4-7-18-21-13-16(15-5-2-1-3-6-15)9-11-20(21)25(28)26(23)24(18)19/h1-14,27H. The second-order valence-corrected chi connectivity index (χ2v) is 7.17. The van der Waals surface area contributed by atoms with Gasteiger partial charge in [-0.2, -0.15) is 0 Å². The molecule has 28 heavy (non-hydrogen) atoms. The lowest BCUT2D eigenvalue weighted by atomic mass is 9.99. The molecule has 0 fully saturated rings. The fraction of sp³-hybridized carbons (Fsp3) is 0. The van der Waals surface area contributed by atoms with Crippen molar-refractivity contribution < 1.29 is 5.11 Å². The number of hydrogen-bond acceptors (Lipinski definition) is 2. The number of fused-ring (bicyclic) bond motifs is 5. The largest absolute Gasteiger partial charge is 0.508 e. The van der Waals surface area contributed by atoms with E-state index >= 15 is 0 Å². The lowest BCUT2D eigenvalue weighted by Gasteiger charge is -2.08. The first kappa shape index (κ1) is 15.2. The highest BCUT2D eigenvalue weighted by atomic mass is 16.3. The monoisotopic (exact) mass is 361 g/mol. The number of pyridine rings is 1. The van der Waals surface area contributed by atoms with Crippen molar-refractivity contribution in [2.24, 2.45) is 0 Å². The average Bonchev–Trinajstić information content (AvgIpc) is 3.07. The summed E-state index contributed by atoms with van der Waals surface area (Å²) < 4.78 is 1.78. The Kier molecular flexibility index (Phi) is 2.90. The number of nitrogens with zero attached hydrogens (tertiary/aromatic N) is 1. The molecular formula is C25H15NO2. The highest BCUT2D eigenvalue weighted by molar-refractivity contribution is 6.20. The van der Waals surface area contributed by atoms with Crippen molar-refractivity contribution in [1.29, 1.82) is 0 Å². The Bertz CT molecular complexity index is 1580. The summed E-state index contributed by atoms with van der Waals surface area (Å²) in [6, 6.07) is 27.5. The van der Waals surface area contributed by atoms with E-state index in [9.17, 15) is 9.90 Å². The zero-order valence-electron chi connectivity index (χ0n) is 14.9. The van der Waals surface area contributed by atoms with Crippen LogP contribution in [0, 0.1) is 0 Å². The van der Waals surface area contributed by atoms with Crippen LogP contribution < -0.4 is 5.56 Å². The van der Waals surface area contributed by atoms with Crippen LogP contribution in [-0.2, 0) is 0 Å². The number of para-hydroxylation sites is 1. The molecule has 0 unspecified atom stereocenters. The first-order valence-corrected chi connectivity index (χ1v) is 9.23. The van der Waals surface area contributed by atoms with Gasteiger partial charge in [0.2, 0.25) is 0 Å². The third kappa shape index (κ3) is 1.90. The van der Waals surface area contributed by atoms with E-state index in [-0.39, 0.29) is 11.3 Å².